The summed E-state index contributed by atoms with van der Waals surface area (Å²) in [6.45, 7) is 3.17. The summed E-state index contributed by atoms with van der Waals surface area (Å²) in [5, 5.41) is 0. The van der Waals surface area contributed by atoms with Gasteiger partial charge in [-0.05, 0) is 36.8 Å². The predicted octanol–water partition coefficient (Wildman–Crippen LogP) is 2.96. The number of halogens is 1. The van der Waals surface area contributed by atoms with Crippen molar-refractivity contribution < 1.29 is 23.5 Å². The second-order valence-electron chi connectivity index (χ2n) is 6.93. The highest BCUT2D eigenvalue weighted by Crippen LogP contribution is 2.37. The first-order valence-corrected chi connectivity index (χ1v) is 9.28. The number of amides is 2. The molecule has 2 aromatic rings. The van der Waals surface area contributed by atoms with Gasteiger partial charge in [-0.15, -0.1) is 0 Å². The molecule has 0 bridgehead atoms. The molecule has 0 radical (unpaired) electrons. The molecule has 0 aromatic heterocycles. The molecule has 0 aliphatic carbocycles. The molecular weight excluding hydrogens is 363 g/mol. The van der Waals surface area contributed by atoms with Crippen molar-refractivity contribution >= 4 is 17.5 Å². The Morgan fingerprint density at radius 1 is 1.21 bits per heavy atom. The maximum Gasteiger partial charge on any atom is 0.231 e. The monoisotopic (exact) mass is 384 g/mol. The number of carbonyl (C=O) groups excluding carboxylic acids is 2. The molecule has 0 unspecified atom stereocenters. The third-order valence-corrected chi connectivity index (χ3v) is 5.10. The minimum Gasteiger partial charge on any atom is -0.454 e. The number of hydrogen-bond acceptors (Lipinski definition) is 4. The molecule has 4 rings (SSSR count). The number of hydrogen-bond donors (Lipinski definition) is 0. The Kier molecular flexibility index (Phi) is 4.90. The molecule has 0 spiro atoms. The molecule has 2 aromatic carbocycles. The van der Waals surface area contributed by atoms with E-state index in [9.17, 15) is 14.0 Å². The molecule has 1 atom stereocenters. The van der Waals surface area contributed by atoms with Crippen LogP contribution < -0.4 is 14.4 Å². The minimum atomic E-state index is -0.425. The van der Waals surface area contributed by atoms with E-state index in [-0.39, 0.29) is 30.8 Å². The fraction of sp³-hybridized carbons (Fsp3) is 0.333. The van der Waals surface area contributed by atoms with E-state index in [2.05, 4.69) is 0 Å². The van der Waals surface area contributed by atoms with Gasteiger partial charge in [0.15, 0.2) is 11.5 Å². The van der Waals surface area contributed by atoms with E-state index in [1.165, 1.54) is 12.1 Å². The fourth-order valence-corrected chi connectivity index (χ4v) is 3.64. The Bertz CT molecular complexity index is 917. The molecule has 6 nitrogen and oxygen atoms in total. The first-order valence-electron chi connectivity index (χ1n) is 9.28. The lowest BCUT2D eigenvalue weighted by Crippen LogP contribution is -2.37. The maximum atomic E-state index is 13.4. The Morgan fingerprint density at radius 2 is 2.04 bits per heavy atom. The number of carbonyl (C=O) groups is 2. The highest BCUT2D eigenvalue weighted by Gasteiger charge is 2.37. The standard InChI is InChI=1S/C21H21FN2O4/c1-2-23(11-14-4-3-5-16(22)8-14)21(26)15-9-20(25)24(12-15)17-6-7-18-19(10-17)28-13-27-18/h3-8,10,15H,2,9,11-13H2,1H3/t15-/m1/s1. The van der Waals surface area contributed by atoms with Gasteiger partial charge in [-0.2, -0.15) is 0 Å². The van der Waals surface area contributed by atoms with E-state index in [1.807, 2.05) is 6.92 Å². The second-order valence-corrected chi connectivity index (χ2v) is 6.93. The van der Waals surface area contributed by atoms with Crippen molar-refractivity contribution in [1.29, 1.82) is 0 Å². The molecule has 146 valence electrons. The SMILES string of the molecule is CCN(Cc1cccc(F)c1)C(=O)[C@@H]1CC(=O)N(c2ccc3c(c2)OCO3)C1. The Labute approximate surface area is 162 Å². The van der Waals surface area contributed by atoms with Crippen molar-refractivity contribution in [2.45, 2.75) is 19.9 Å². The number of anilines is 1. The smallest absolute Gasteiger partial charge is 0.231 e. The quantitative estimate of drug-likeness (QED) is 0.795. The molecule has 7 heteroatoms. The van der Waals surface area contributed by atoms with Crippen LogP contribution in [-0.2, 0) is 16.1 Å². The lowest BCUT2D eigenvalue weighted by atomic mass is 10.1. The maximum absolute atomic E-state index is 13.4. The van der Waals surface area contributed by atoms with Gasteiger partial charge in [0.2, 0.25) is 18.6 Å². The average Bonchev–Trinajstić information content (AvgIpc) is 3.31. The Hall–Kier alpha value is -3.09. The summed E-state index contributed by atoms with van der Waals surface area (Å²) in [5.41, 5.74) is 1.42. The number of benzene rings is 2. The zero-order chi connectivity index (χ0) is 19.7. The lowest BCUT2D eigenvalue weighted by Gasteiger charge is -2.24. The molecule has 2 aliphatic rings. The summed E-state index contributed by atoms with van der Waals surface area (Å²) in [5.74, 6) is 0.302. The van der Waals surface area contributed by atoms with Crippen LogP contribution in [0.25, 0.3) is 0 Å². The normalized spacial score (nSPS) is 17.9. The van der Waals surface area contributed by atoms with Gasteiger partial charge in [0.25, 0.3) is 0 Å². The van der Waals surface area contributed by atoms with Crippen molar-refractivity contribution in [3.63, 3.8) is 0 Å². The molecule has 2 aliphatic heterocycles. The van der Waals surface area contributed by atoms with Crippen molar-refractivity contribution in [2.24, 2.45) is 5.92 Å². The number of rotatable bonds is 5. The molecule has 1 fully saturated rings. The van der Waals surface area contributed by atoms with Crippen molar-refractivity contribution in [3.05, 3.63) is 53.8 Å². The molecule has 2 amide bonds. The van der Waals surface area contributed by atoms with Crippen LogP contribution in [0.4, 0.5) is 10.1 Å². The van der Waals surface area contributed by atoms with E-state index in [1.54, 1.807) is 40.1 Å². The van der Waals surface area contributed by atoms with Gasteiger partial charge in [0, 0.05) is 37.8 Å². The molecular formula is C21H21FN2O4. The van der Waals surface area contributed by atoms with Gasteiger partial charge >= 0.3 is 0 Å². The first kappa shape index (κ1) is 18.3. The van der Waals surface area contributed by atoms with Crippen molar-refractivity contribution in [3.8, 4) is 11.5 Å². The molecule has 2 heterocycles. The predicted molar refractivity (Wildman–Crippen MR) is 101 cm³/mol. The van der Waals surface area contributed by atoms with E-state index in [4.69, 9.17) is 9.47 Å². The summed E-state index contributed by atoms with van der Waals surface area (Å²) >= 11 is 0. The average molecular weight is 384 g/mol. The van der Waals surface area contributed by atoms with Crippen LogP contribution in [0.2, 0.25) is 0 Å². The van der Waals surface area contributed by atoms with Crippen molar-refractivity contribution in [2.75, 3.05) is 24.8 Å². The van der Waals surface area contributed by atoms with Gasteiger partial charge in [-0.1, -0.05) is 12.1 Å². The zero-order valence-corrected chi connectivity index (χ0v) is 15.6. The zero-order valence-electron chi connectivity index (χ0n) is 15.6. The Balaban J connectivity index is 1.47. The van der Waals surface area contributed by atoms with Crippen LogP contribution >= 0.6 is 0 Å². The molecule has 28 heavy (non-hydrogen) atoms. The number of nitrogens with zero attached hydrogens (tertiary/aromatic N) is 2. The Morgan fingerprint density at radius 3 is 2.82 bits per heavy atom. The second kappa shape index (κ2) is 7.50. The third kappa shape index (κ3) is 3.52. The summed E-state index contributed by atoms with van der Waals surface area (Å²) < 4.78 is 24.1. The number of fused-ring (bicyclic) bond motifs is 1. The lowest BCUT2D eigenvalue weighted by molar-refractivity contribution is -0.136. The number of ether oxygens (including phenoxy) is 2. The van der Waals surface area contributed by atoms with Crippen LogP contribution in [0.3, 0.4) is 0 Å². The van der Waals surface area contributed by atoms with E-state index < -0.39 is 5.92 Å². The summed E-state index contributed by atoms with van der Waals surface area (Å²) in [4.78, 5) is 28.8. The first-order chi connectivity index (χ1) is 13.5. The van der Waals surface area contributed by atoms with Crippen LogP contribution in [0.5, 0.6) is 11.5 Å². The van der Waals surface area contributed by atoms with Gasteiger partial charge in [0.1, 0.15) is 5.82 Å². The largest absolute Gasteiger partial charge is 0.454 e. The van der Waals surface area contributed by atoms with Crippen LogP contribution in [-0.4, -0.2) is 36.6 Å². The summed E-state index contributed by atoms with van der Waals surface area (Å²) in [6.07, 6.45) is 0.160. The van der Waals surface area contributed by atoms with Crippen LogP contribution in [0, 0.1) is 11.7 Å². The summed E-state index contributed by atoms with van der Waals surface area (Å²) in [6, 6.07) is 11.5. The van der Waals surface area contributed by atoms with E-state index >= 15 is 0 Å². The van der Waals surface area contributed by atoms with Gasteiger partial charge < -0.3 is 19.3 Å². The molecule has 0 N–H and O–H groups in total. The van der Waals surface area contributed by atoms with Crippen LogP contribution in [0.15, 0.2) is 42.5 Å². The molecule has 1 saturated heterocycles. The highest BCUT2D eigenvalue weighted by atomic mass is 19.1. The third-order valence-electron chi connectivity index (χ3n) is 5.10. The van der Waals surface area contributed by atoms with Gasteiger partial charge in [-0.3, -0.25) is 9.59 Å². The highest BCUT2D eigenvalue weighted by molar-refractivity contribution is 6.00. The van der Waals surface area contributed by atoms with Crippen LogP contribution in [0.1, 0.15) is 18.9 Å². The van der Waals surface area contributed by atoms with E-state index in [0.29, 0.717) is 36.8 Å². The summed E-state index contributed by atoms with van der Waals surface area (Å²) in [7, 11) is 0. The minimum absolute atomic E-state index is 0.0941. The topological polar surface area (TPSA) is 59.1 Å². The van der Waals surface area contributed by atoms with E-state index in [0.717, 1.165) is 5.56 Å². The fourth-order valence-electron chi connectivity index (χ4n) is 3.64. The van der Waals surface area contributed by atoms with Crippen molar-refractivity contribution in [1.82, 2.24) is 4.90 Å². The van der Waals surface area contributed by atoms with Gasteiger partial charge in [-0.25, -0.2) is 4.39 Å². The van der Waals surface area contributed by atoms with Gasteiger partial charge in [0.05, 0.1) is 5.92 Å². The molecule has 0 saturated carbocycles.